The lowest BCUT2D eigenvalue weighted by atomic mass is 9.92. The maximum Gasteiger partial charge on any atom is 0.227 e. The van der Waals surface area contributed by atoms with Crippen LogP contribution in [-0.2, 0) is 0 Å². The van der Waals surface area contributed by atoms with Crippen molar-refractivity contribution in [2.75, 3.05) is 14.1 Å². The molecule has 1 fully saturated rings. The predicted molar refractivity (Wildman–Crippen MR) is 79.0 cm³/mol. The standard InChI is InChI=1S/C15H19N5O/c1-20(2)11-3-5-12(6-4-11)21-15-13-10(7-16)8-17-14(13)18-9-19-15/h8-9,11-12H,3-6H2,1-2H3,(H,17,18,19)/t11-,12-. The molecule has 0 unspecified atom stereocenters. The topological polar surface area (TPSA) is 77.8 Å². The van der Waals surface area contributed by atoms with Gasteiger partial charge in [-0.15, -0.1) is 0 Å². The van der Waals surface area contributed by atoms with Gasteiger partial charge >= 0.3 is 0 Å². The van der Waals surface area contributed by atoms with E-state index in [1.54, 1.807) is 6.20 Å². The number of ether oxygens (including phenoxy) is 1. The monoisotopic (exact) mass is 285 g/mol. The Labute approximate surface area is 123 Å². The first-order valence-electron chi connectivity index (χ1n) is 7.24. The second-order valence-electron chi connectivity index (χ2n) is 5.73. The van der Waals surface area contributed by atoms with E-state index in [-0.39, 0.29) is 6.10 Å². The van der Waals surface area contributed by atoms with Gasteiger partial charge in [0.1, 0.15) is 24.1 Å². The van der Waals surface area contributed by atoms with Gasteiger partial charge in [-0.3, -0.25) is 0 Å². The molecule has 1 aliphatic carbocycles. The van der Waals surface area contributed by atoms with Gasteiger partial charge < -0.3 is 14.6 Å². The van der Waals surface area contributed by atoms with Crippen molar-refractivity contribution in [3.8, 4) is 11.9 Å². The highest BCUT2D eigenvalue weighted by Gasteiger charge is 2.25. The summed E-state index contributed by atoms with van der Waals surface area (Å²) in [6, 6.07) is 2.79. The Morgan fingerprint density at radius 3 is 2.71 bits per heavy atom. The fourth-order valence-corrected chi connectivity index (χ4v) is 2.95. The molecule has 6 heteroatoms. The largest absolute Gasteiger partial charge is 0.474 e. The van der Waals surface area contributed by atoms with E-state index < -0.39 is 0 Å². The van der Waals surface area contributed by atoms with E-state index >= 15 is 0 Å². The molecule has 3 rings (SSSR count). The van der Waals surface area contributed by atoms with Crippen LogP contribution in [0.2, 0.25) is 0 Å². The van der Waals surface area contributed by atoms with E-state index in [1.165, 1.54) is 6.33 Å². The van der Waals surface area contributed by atoms with Crippen molar-refractivity contribution in [2.45, 2.75) is 37.8 Å². The number of nitrogens with zero attached hydrogens (tertiary/aromatic N) is 4. The molecule has 0 radical (unpaired) electrons. The maximum absolute atomic E-state index is 9.16. The zero-order valence-electron chi connectivity index (χ0n) is 12.3. The third kappa shape index (κ3) is 2.69. The molecule has 110 valence electrons. The second kappa shape index (κ2) is 5.70. The van der Waals surface area contributed by atoms with E-state index in [0.29, 0.717) is 28.5 Å². The van der Waals surface area contributed by atoms with Crippen molar-refractivity contribution in [1.29, 1.82) is 5.26 Å². The summed E-state index contributed by atoms with van der Waals surface area (Å²) < 4.78 is 6.06. The number of aromatic amines is 1. The number of hydrogen-bond acceptors (Lipinski definition) is 5. The average molecular weight is 285 g/mol. The summed E-state index contributed by atoms with van der Waals surface area (Å²) in [6.07, 6.45) is 7.58. The normalized spacial score (nSPS) is 22.4. The number of hydrogen-bond donors (Lipinski definition) is 1. The van der Waals surface area contributed by atoms with E-state index in [0.717, 1.165) is 25.7 Å². The van der Waals surface area contributed by atoms with Crippen LogP contribution in [0.1, 0.15) is 31.2 Å². The van der Waals surface area contributed by atoms with Crippen LogP contribution in [0.3, 0.4) is 0 Å². The van der Waals surface area contributed by atoms with Gasteiger partial charge in [0.05, 0.1) is 10.9 Å². The van der Waals surface area contributed by atoms with Gasteiger partial charge in [0.25, 0.3) is 0 Å². The molecule has 0 aromatic carbocycles. The van der Waals surface area contributed by atoms with Crippen LogP contribution in [0.4, 0.5) is 0 Å². The maximum atomic E-state index is 9.16. The zero-order chi connectivity index (χ0) is 14.8. The van der Waals surface area contributed by atoms with Crippen molar-refractivity contribution in [2.24, 2.45) is 0 Å². The van der Waals surface area contributed by atoms with E-state index in [4.69, 9.17) is 10.00 Å². The summed E-state index contributed by atoms with van der Waals surface area (Å²) in [5.41, 5.74) is 1.18. The van der Waals surface area contributed by atoms with Crippen LogP contribution in [0.25, 0.3) is 11.0 Å². The minimum Gasteiger partial charge on any atom is -0.474 e. The fourth-order valence-electron chi connectivity index (χ4n) is 2.95. The van der Waals surface area contributed by atoms with Crippen LogP contribution in [0, 0.1) is 11.3 Å². The highest BCUT2D eigenvalue weighted by atomic mass is 16.5. The highest BCUT2D eigenvalue weighted by molar-refractivity contribution is 5.87. The Morgan fingerprint density at radius 2 is 2.05 bits per heavy atom. The lowest BCUT2D eigenvalue weighted by Crippen LogP contribution is -2.35. The van der Waals surface area contributed by atoms with E-state index in [2.05, 4.69) is 40.0 Å². The van der Waals surface area contributed by atoms with Crippen LogP contribution in [-0.4, -0.2) is 46.1 Å². The molecule has 0 spiro atoms. The molecule has 2 aromatic heterocycles. The van der Waals surface area contributed by atoms with Crippen LogP contribution in [0.15, 0.2) is 12.5 Å². The summed E-state index contributed by atoms with van der Waals surface area (Å²) in [5.74, 6) is 0.520. The Morgan fingerprint density at radius 1 is 1.29 bits per heavy atom. The minimum atomic E-state index is 0.167. The summed E-state index contributed by atoms with van der Waals surface area (Å²) >= 11 is 0. The first-order chi connectivity index (χ1) is 10.2. The number of nitriles is 1. The second-order valence-corrected chi connectivity index (χ2v) is 5.73. The summed E-state index contributed by atoms with van der Waals surface area (Å²) in [7, 11) is 4.25. The lowest BCUT2D eigenvalue weighted by Gasteiger charge is -2.32. The Balaban J connectivity index is 1.77. The van der Waals surface area contributed by atoms with Crippen LogP contribution >= 0.6 is 0 Å². The first-order valence-corrected chi connectivity index (χ1v) is 7.24. The molecule has 0 bridgehead atoms. The number of rotatable bonds is 3. The number of nitrogens with one attached hydrogen (secondary N) is 1. The Bertz CT molecular complexity index is 664. The average Bonchev–Trinajstić information content (AvgIpc) is 2.92. The van der Waals surface area contributed by atoms with Crippen molar-refractivity contribution in [3.05, 3.63) is 18.1 Å². The third-order valence-electron chi connectivity index (χ3n) is 4.21. The summed E-state index contributed by atoms with van der Waals surface area (Å²) in [4.78, 5) is 13.6. The van der Waals surface area contributed by atoms with Crippen molar-refractivity contribution >= 4 is 11.0 Å². The van der Waals surface area contributed by atoms with Gasteiger partial charge in [0.2, 0.25) is 5.88 Å². The third-order valence-corrected chi connectivity index (χ3v) is 4.21. The molecular weight excluding hydrogens is 266 g/mol. The molecule has 1 saturated carbocycles. The molecule has 2 heterocycles. The van der Waals surface area contributed by atoms with Crippen LogP contribution < -0.4 is 4.74 Å². The van der Waals surface area contributed by atoms with Gasteiger partial charge in [0, 0.05) is 12.2 Å². The number of fused-ring (bicyclic) bond motifs is 1. The Hall–Kier alpha value is -2.13. The lowest BCUT2D eigenvalue weighted by molar-refractivity contribution is 0.108. The first kappa shape index (κ1) is 13.8. The van der Waals surface area contributed by atoms with Crippen LogP contribution in [0.5, 0.6) is 5.88 Å². The molecule has 1 aliphatic rings. The SMILES string of the molecule is CN(C)[C@H]1CC[C@H](Oc2ncnc3[nH]cc(C#N)c23)CC1. The molecule has 0 aliphatic heterocycles. The minimum absolute atomic E-state index is 0.167. The molecule has 0 saturated heterocycles. The zero-order valence-corrected chi connectivity index (χ0v) is 12.3. The van der Waals surface area contributed by atoms with E-state index in [9.17, 15) is 0 Å². The fraction of sp³-hybridized carbons (Fsp3) is 0.533. The molecule has 0 amide bonds. The smallest absolute Gasteiger partial charge is 0.227 e. The van der Waals surface area contributed by atoms with Gasteiger partial charge in [-0.1, -0.05) is 0 Å². The summed E-state index contributed by atoms with van der Waals surface area (Å²) in [5, 5.41) is 9.85. The van der Waals surface area contributed by atoms with Gasteiger partial charge in [-0.25, -0.2) is 9.97 Å². The molecule has 2 aromatic rings. The van der Waals surface area contributed by atoms with Crippen molar-refractivity contribution in [3.63, 3.8) is 0 Å². The van der Waals surface area contributed by atoms with Gasteiger partial charge in [-0.2, -0.15) is 5.26 Å². The molecular formula is C15H19N5O. The molecule has 21 heavy (non-hydrogen) atoms. The Kier molecular flexibility index (Phi) is 3.76. The molecule has 1 N–H and O–H groups in total. The molecule has 0 atom stereocenters. The number of H-pyrrole nitrogens is 1. The highest BCUT2D eigenvalue weighted by Crippen LogP contribution is 2.29. The predicted octanol–water partition coefficient (Wildman–Crippen LogP) is 2.08. The van der Waals surface area contributed by atoms with Gasteiger partial charge in [-0.05, 0) is 39.8 Å². The van der Waals surface area contributed by atoms with Crippen molar-refractivity contribution in [1.82, 2.24) is 19.9 Å². The number of aromatic nitrogens is 3. The molecule has 6 nitrogen and oxygen atoms in total. The van der Waals surface area contributed by atoms with Crippen molar-refractivity contribution < 1.29 is 4.74 Å². The summed E-state index contributed by atoms with van der Waals surface area (Å²) in [6.45, 7) is 0. The van der Waals surface area contributed by atoms with Gasteiger partial charge in [0.15, 0.2) is 0 Å². The van der Waals surface area contributed by atoms with E-state index in [1.807, 2.05) is 0 Å². The quantitative estimate of drug-likeness (QED) is 0.934.